The van der Waals surface area contributed by atoms with Gasteiger partial charge in [0.05, 0.1) is 23.9 Å². The second-order valence-electron chi connectivity index (χ2n) is 6.46. The van der Waals surface area contributed by atoms with Gasteiger partial charge in [-0.25, -0.2) is 9.67 Å². The zero-order valence-electron chi connectivity index (χ0n) is 16.4. The number of ether oxygens (including phenoxy) is 1. The minimum atomic E-state index is -0.169. The number of benzene rings is 1. The van der Waals surface area contributed by atoms with Crippen LogP contribution >= 0.6 is 0 Å². The minimum absolute atomic E-state index is 0.169. The predicted molar refractivity (Wildman–Crippen MR) is 112 cm³/mol. The van der Waals surface area contributed by atoms with Crippen molar-refractivity contribution < 1.29 is 9.53 Å². The van der Waals surface area contributed by atoms with Gasteiger partial charge < -0.3 is 10.1 Å². The predicted octanol–water partition coefficient (Wildman–Crippen LogP) is 4.52. The molecule has 0 aliphatic carbocycles. The fourth-order valence-electron chi connectivity index (χ4n) is 3.13. The van der Waals surface area contributed by atoms with Crippen LogP contribution in [0.1, 0.15) is 43.6 Å². The second kappa shape index (κ2) is 9.17. The van der Waals surface area contributed by atoms with Crippen LogP contribution in [0.4, 0.5) is 0 Å². The molecule has 1 amide bonds. The van der Waals surface area contributed by atoms with E-state index in [0.717, 1.165) is 41.3 Å². The Balaban J connectivity index is 2.06. The summed E-state index contributed by atoms with van der Waals surface area (Å²) in [5.74, 6) is 0.431. The average molecular weight is 378 g/mol. The van der Waals surface area contributed by atoms with Gasteiger partial charge in [0.1, 0.15) is 5.69 Å². The Bertz CT molecular complexity index is 978. The van der Waals surface area contributed by atoms with E-state index in [2.05, 4.69) is 28.9 Å². The molecule has 0 bridgehead atoms. The molecular weight excluding hydrogens is 352 g/mol. The Labute approximate surface area is 165 Å². The van der Waals surface area contributed by atoms with Gasteiger partial charge in [0.2, 0.25) is 5.88 Å². The minimum Gasteiger partial charge on any atom is -0.477 e. The lowest BCUT2D eigenvalue weighted by atomic mass is 10.0. The Morgan fingerprint density at radius 2 is 2.07 bits per heavy atom. The monoisotopic (exact) mass is 378 g/mol. The Morgan fingerprint density at radius 3 is 2.82 bits per heavy atom. The molecule has 0 radical (unpaired) electrons. The zero-order valence-corrected chi connectivity index (χ0v) is 16.4. The fraction of sp³-hybridized carbons (Fsp3) is 0.318. The summed E-state index contributed by atoms with van der Waals surface area (Å²) in [6.45, 7) is 8.99. The largest absolute Gasteiger partial charge is 0.477 e. The van der Waals surface area contributed by atoms with Crippen LogP contribution < -0.4 is 10.1 Å². The molecule has 2 aromatic heterocycles. The molecule has 1 N–H and O–H groups in total. The van der Waals surface area contributed by atoms with E-state index in [1.807, 2.05) is 37.3 Å². The molecule has 0 aliphatic heterocycles. The van der Waals surface area contributed by atoms with Crippen molar-refractivity contribution in [1.29, 1.82) is 0 Å². The van der Waals surface area contributed by atoms with Gasteiger partial charge in [-0.15, -0.1) is 0 Å². The summed E-state index contributed by atoms with van der Waals surface area (Å²) in [4.78, 5) is 17.2. The van der Waals surface area contributed by atoms with Gasteiger partial charge in [0.15, 0.2) is 0 Å². The number of nitrogens with one attached hydrogen (secondary N) is 1. The number of hydrogen-bond donors (Lipinski definition) is 1. The second-order valence-corrected chi connectivity index (χ2v) is 6.46. The summed E-state index contributed by atoms with van der Waals surface area (Å²) in [5.41, 5.74) is 2.81. The number of rotatable bonds is 9. The Kier molecular flexibility index (Phi) is 6.42. The van der Waals surface area contributed by atoms with Crippen LogP contribution in [0.25, 0.3) is 28.2 Å². The van der Waals surface area contributed by atoms with Gasteiger partial charge in [-0.3, -0.25) is 4.79 Å². The van der Waals surface area contributed by atoms with Crippen molar-refractivity contribution in [2.75, 3.05) is 13.2 Å². The topological polar surface area (TPSA) is 69.0 Å². The van der Waals surface area contributed by atoms with Gasteiger partial charge in [0.25, 0.3) is 5.91 Å². The van der Waals surface area contributed by atoms with Gasteiger partial charge in [-0.05, 0) is 25.5 Å². The van der Waals surface area contributed by atoms with E-state index in [1.54, 1.807) is 17.1 Å². The summed E-state index contributed by atoms with van der Waals surface area (Å²) in [5, 5.41) is 8.24. The number of amides is 1. The molecule has 0 fully saturated rings. The van der Waals surface area contributed by atoms with Crippen molar-refractivity contribution in [3.63, 3.8) is 0 Å². The van der Waals surface area contributed by atoms with Crippen molar-refractivity contribution in [2.45, 2.75) is 33.1 Å². The summed E-state index contributed by atoms with van der Waals surface area (Å²) in [7, 11) is 0. The number of fused-ring (bicyclic) bond motifs is 1. The van der Waals surface area contributed by atoms with E-state index < -0.39 is 0 Å². The smallest absolute Gasteiger partial charge is 0.269 e. The van der Waals surface area contributed by atoms with Crippen molar-refractivity contribution in [3.05, 3.63) is 48.8 Å². The number of nitrogens with zero attached hydrogens (tertiary/aromatic N) is 3. The molecule has 3 aromatic rings. The van der Waals surface area contributed by atoms with Crippen LogP contribution in [-0.2, 0) is 0 Å². The van der Waals surface area contributed by atoms with Crippen LogP contribution in [0, 0.1) is 0 Å². The third-order valence-corrected chi connectivity index (χ3v) is 4.51. The van der Waals surface area contributed by atoms with Crippen LogP contribution in [0.3, 0.4) is 0 Å². The van der Waals surface area contributed by atoms with Crippen LogP contribution in [-0.4, -0.2) is 33.8 Å². The summed E-state index contributed by atoms with van der Waals surface area (Å²) in [6.07, 6.45) is 6.50. The molecule has 2 heterocycles. The molecule has 0 saturated heterocycles. The fourth-order valence-corrected chi connectivity index (χ4v) is 3.13. The first-order chi connectivity index (χ1) is 13.7. The van der Waals surface area contributed by atoms with E-state index in [9.17, 15) is 4.79 Å². The molecule has 0 spiro atoms. The lowest BCUT2D eigenvalue weighted by Crippen LogP contribution is -2.25. The van der Waals surface area contributed by atoms with Gasteiger partial charge in [-0.1, -0.05) is 44.5 Å². The molecule has 6 heteroatoms. The molecule has 0 atom stereocenters. The SMILES string of the molecule is C=Cn1ncc(-c2cc(C(=O)NCCCCC)nc3ccccc23)c1OCC. The molecular formula is C22H26N4O2. The lowest BCUT2D eigenvalue weighted by Gasteiger charge is -2.11. The van der Waals surface area contributed by atoms with Crippen LogP contribution in [0.15, 0.2) is 43.1 Å². The van der Waals surface area contributed by atoms with Crippen molar-refractivity contribution in [2.24, 2.45) is 0 Å². The molecule has 0 aliphatic rings. The van der Waals surface area contributed by atoms with Crippen molar-refractivity contribution in [3.8, 4) is 17.0 Å². The number of para-hydroxylation sites is 1. The maximum Gasteiger partial charge on any atom is 0.269 e. The molecule has 3 rings (SSSR count). The van der Waals surface area contributed by atoms with Crippen LogP contribution in [0.5, 0.6) is 5.88 Å². The van der Waals surface area contributed by atoms with Gasteiger partial charge in [-0.2, -0.15) is 5.10 Å². The Hall–Kier alpha value is -3.15. The number of aromatic nitrogens is 3. The number of carbonyl (C=O) groups is 1. The summed E-state index contributed by atoms with van der Waals surface area (Å²) >= 11 is 0. The number of unbranched alkanes of at least 4 members (excludes halogenated alkanes) is 2. The molecule has 146 valence electrons. The molecule has 0 unspecified atom stereocenters. The number of carbonyl (C=O) groups excluding carboxylic acids is 1. The third kappa shape index (κ3) is 4.06. The highest BCUT2D eigenvalue weighted by atomic mass is 16.5. The van der Waals surface area contributed by atoms with Crippen LogP contribution in [0.2, 0.25) is 0 Å². The first-order valence-corrected chi connectivity index (χ1v) is 9.70. The number of pyridine rings is 1. The first-order valence-electron chi connectivity index (χ1n) is 9.70. The summed E-state index contributed by atoms with van der Waals surface area (Å²) in [6, 6.07) is 9.58. The zero-order chi connectivity index (χ0) is 19.9. The highest BCUT2D eigenvalue weighted by Crippen LogP contribution is 2.35. The van der Waals surface area contributed by atoms with E-state index >= 15 is 0 Å². The quantitative estimate of drug-likeness (QED) is 0.556. The maximum atomic E-state index is 12.7. The molecule has 0 saturated carbocycles. The van der Waals surface area contributed by atoms with Crippen molar-refractivity contribution >= 4 is 23.0 Å². The molecule has 6 nitrogen and oxygen atoms in total. The standard InChI is InChI=1S/C22H26N4O2/c1-4-7-10-13-23-21(27)20-14-17(16-11-8-9-12-19(16)25-20)18-15-24-26(5-2)22(18)28-6-3/h5,8-9,11-12,14-15H,2,4,6-7,10,13H2,1,3H3,(H,23,27). The van der Waals surface area contributed by atoms with Crippen molar-refractivity contribution in [1.82, 2.24) is 20.1 Å². The molecule has 1 aromatic carbocycles. The van der Waals surface area contributed by atoms with E-state index in [1.165, 1.54) is 0 Å². The molecule has 28 heavy (non-hydrogen) atoms. The summed E-state index contributed by atoms with van der Waals surface area (Å²) < 4.78 is 7.40. The average Bonchev–Trinajstić information content (AvgIpc) is 3.13. The highest BCUT2D eigenvalue weighted by Gasteiger charge is 2.18. The normalized spacial score (nSPS) is 10.8. The van der Waals surface area contributed by atoms with Gasteiger partial charge >= 0.3 is 0 Å². The maximum absolute atomic E-state index is 12.7. The van der Waals surface area contributed by atoms with E-state index in [-0.39, 0.29) is 5.91 Å². The third-order valence-electron chi connectivity index (χ3n) is 4.51. The lowest BCUT2D eigenvalue weighted by molar-refractivity contribution is 0.0948. The first kappa shape index (κ1) is 19.6. The van der Waals surface area contributed by atoms with Gasteiger partial charge in [0, 0.05) is 23.7 Å². The van der Waals surface area contributed by atoms with E-state index in [4.69, 9.17) is 4.74 Å². The Morgan fingerprint density at radius 1 is 1.25 bits per heavy atom. The highest BCUT2D eigenvalue weighted by molar-refractivity contribution is 6.01. The van der Waals surface area contributed by atoms with E-state index in [0.29, 0.717) is 24.7 Å². The number of hydrogen-bond acceptors (Lipinski definition) is 4.